The third kappa shape index (κ3) is 5.95. The molecule has 1 aliphatic heterocycles. The Morgan fingerprint density at radius 3 is 2.09 bits per heavy atom. The van der Waals surface area contributed by atoms with E-state index in [-0.39, 0.29) is 23.3 Å². The van der Waals surface area contributed by atoms with Gasteiger partial charge in [0.25, 0.3) is 5.56 Å². The van der Waals surface area contributed by atoms with Crippen molar-refractivity contribution < 1.29 is 9.84 Å². The first-order chi connectivity index (χ1) is 16.4. The molecular formula is C26H37N5O4. The summed E-state index contributed by atoms with van der Waals surface area (Å²) in [7, 11) is 0. The minimum Gasteiger partial charge on any atom is -0.485 e. The average Bonchev–Trinajstić information content (AvgIpc) is 2.78. The van der Waals surface area contributed by atoms with Gasteiger partial charge in [-0.1, -0.05) is 0 Å². The van der Waals surface area contributed by atoms with Crippen LogP contribution in [0.4, 0.5) is 5.82 Å². The van der Waals surface area contributed by atoms with Gasteiger partial charge in [0.05, 0.1) is 11.6 Å². The van der Waals surface area contributed by atoms with E-state index in [2.05, 4.69) is 15.9 Å². The summed E-state index contributed by atoms with van der Waals surface area (Å²) in [5.74, 6) is 1.25. The van der Waals surface area contributed by atoms with E-state index < -0.39 is 11.7 Å². The van der Waals surface area contributed by atoms with E-state index in [1.54, 1.807) is 34.9 Å². The fraction of sp³-hybridized carbons (Fsp3) is 0.577. The lowest BCUT2D eigenvalue weighted by atomic mass is 10.0. The molecule has 190 valence electrons. The van der Waals surface area contributed by atoms with Gasteiger partial charge in [-0.2, -0.15) is 5.26 Å². The molecule has 0 saturated carbocycles. The molecular weight excluding hydrogens is 446 g/mol. The maximum atomic E-state index is 13.1. The largest absolute Gasteiger partial charge is 0.485 e. The van der Waals surface area contributed by atoms with E-state index in [0.29, 0.717) is 49.9 Å². The highest BCUT2D eigenvalue weighted by Gasteiger charge is 2.33. The van der Waals surface area contributed by atoms with Crippen LogP contribution in [0.2, 0.25) is 0 Å². The Kier molecular flexibility index (Phi) is 8.08. The van der Waals surface area contributed by atoms with Gasteiger partial charge in [-0.15, -0.1) is 0 Å². The fourth-order valence-electron chi connectivity index (χ4n) is 4.36. The first kappa shape index (κ1) is 26.5. The van der Waals surface area contributed by atoms with Gasteiger partial charge in [-0.25, -0.2) is 4.79 Å². The molecule has 0 radical (unpaired) electrons. The van der Waals surface area contributed by atoms with E-state index >= 15 is 0 Å². The summed E-state index contributed by atoms with van der Waals surface area (Å²) in [4.78, 5) is 30.0. The molecule has 0 amide bonds. The predicted molar refractivity (Wildman–Crippen MR) is 136 cm³/mol. The van der Waals surface area contributed by atoms with Crippen molar-refractivity contribution in [3.8, 4) is 11.8 Å². The molecule has 1 N–H and O–H groups in total. The summed E-state index contributed by atoms with van der Waals surface area (Å²) in [6, 6.07) is 10.2. The first-order valence-electron chi connectivity index (χ1n) is 12.2. The highest BCUT2D eigenvalue weighted by molar-refractivity contribution is 5.40. The van der Waals surface area contributed by atoms with Crippen molar-refractivity contribution in [2.24, 2.45) is 0 Å². The highest BCUT2D eigenvalue weighted by Crippen LogP contribution is 2.23. The molecule has 3 rings (SSSR count). The lowest BCUT2D eigenvalue weighted by molar-refractivity contribution is -0.0449. The predicted octanol–water partition coefficient (Wildman–Crippen LogP) is 2.38. The van der Waals surface area contributed by atoms with Gasteiger partial charge in [0.15, 0.2) is 0 Å². The second kappa shape index (κ2) is 10.7. The number of anilines is 1. The Morgan fingerprint density at radius 1 is 1.00 bits per heavy atom. The smallest absolute Gasteiger partial charge is 0.333 e. The van der Waals surface area contributed by atoms with E-state index in [0.717, 1.165) is 0 Å². The molecule has 9 heteroatoms. The number of benzene rings is 1. The summed E-state index contributed by atoms with van der Waals surface area (Å²) in [6.07, 6.45) is -0.742. The van der Waals surface area contributed by atoms with Gasteiger partial charge in [0, 0.05) is 50.9 Å². The number of aliphatic hydroxyl groups is 1. The van der Waals surface area contributed by atoms with Crippen LogP contribution in [0.3, 0.4) is 0 Å². The summed E-state index contributed by atoms with van der Waals surface area (Å²) in [6.45, 7) is 14.3. The maximum absolute atomic E-state index is 13.1. The topological polar surface area (TPSA) is 104 Å². The van der Waals surface area contributed by atoms with Crippen LogP contribution in [0.5, 0.6) is 5.75 Å². The monoisotopic (exact) mass is 483 g/mol. The van der Waals surface area contributed by atoms with E-state index in [4.69, 9.17) is 10.00 Å². The molecule has 2 heterocycles. The lowest BCUT2D eigenvalue weighted by Crippen LogP contribution is -2.54. The summed E-state index contributed by atoms with van der Waals surface area (Å²) in [5.41, 5.74) is -0.836. The number of ether oxygens (including phenoxy) is 1. The molecule has 1 aromatic carbocycles. The molecule has 1 aliphatic rings. The van der Waals surface area contributed by atoms with E-state index in [1.807, 2.05) is 41.5 Å². The Labute approximate surface area is 206 Å². The Hall–Kier alpha value is -3.09. The standard InChI is InChI=1S/C26H37N5O4/c1-18(2)30-23(15-24(33)31(19(3)4)25(30)34)29-13-11-28(12-14-29)17-22(32)26(5,6)35-21-9-7-20(16-27)8-10-21/h7-10,15,18-19,22,32H,11-14,17H2,1-6H3. The average molecular weight is 484 g/mol. The second-order valence-corrected chi connectivity index (χ2v) is 10.2. The summed E-state index contributed by atoms with van der Waals surface area (Å²) >= 11 is 0. The highest BCUT2D eigenvalue weighted by atomic mass is 16.5. The zero-order valence-electron chi connectivity index (χ0n) is 21.6. The summed E-state index contributed by atoms with van der Waals surface area (Å²) in [5, 5.41) is 19.9. The van der Waals surface area contributed by atoms with Crippen molar-refractivity contribution in [2.45, 2.75) is 65.3 Å². The number of hydrogen-bond donors (Lipinski definition) is 1. The van der Waals surface area contributed by atoms with Gasteiger partial charge in [0.1, 0.15) is 23.3 Å². The van der Waals surface area contributed by atoms with Gasteiger partial charge >= 0.3 is 5.69 Å². The van der Waals surface area contributed by atoms with Crippen molar-refractivity contribution in [2.75, 3.05) is 37.6 Å². The second-order valence-electron chi connectivity index (χ2n) is 10.2. The lowest BCUT2D eigenvalue weighted by Gasteiger charge is -2.40. The number of β-amino-alcohol motifs (C(OH)–C–C–N with tert-alkyl or cyclic N) is 1. The van der Waals surface area contributed by atoms with Crippen LogP contribution in [0.1, 0.15) is 59.2 Å². The Bertz CT molecular complexity index is 1170. The van der Waals surface area contributed by atoms with Crippen LogP contribution >= 0.6 is 0 Å². The molecule has 1 fully saturated rings. The van der Waals surface area contributed by atoms with E-state index in [1.165, 1.54) is 4.57 Å². The van der Waals surface area contributed by atoms with Crippen molar-refractivity contribution in [3.05, 3.63) is 56.7 Å². The number of nitriles is 1. The molecule has 0 spiro atoms. The molecule has 1 atom stereocenters. The summed E-state index contributed by atoms with van der Waals surface area (Å²) < 4.78 is 9.01. The van der Waals surface area contributed by atoms with Crippen molar-refractivity contribution in [3.63, 3.8) is 0 Å². The number of piperazine rings is 1. The van der Waals surface area contributed by atoms with Gasteiger partial charge in [-0.05, 0) is 65.8 Å². The van der Waals surface area contributed by atoms with Crippen molar-refractivity contribution in [1.82, 2.24) is 14.0 Å². The minimum absolute atomic E-state index is 0.0804. The van der Waals surface area contributed by atoms with Gasteiger partial charge < -0.3 is 14.7 Å². The molecule has 9 nitrogen and oxygen atoms in total. The third-order valence-electron chi connectivity index (χ3n) is 6.48. The molecule has 1 saturated heterocycles. The van der Waals surface area contributed by atoms with Crippen LogP contribution < -0.4 is 20.9 Å². The normalized spacial score (nSPS) is 15.9. The quantitative estimate of drug-likeness (QED) is 0.615. The maximum Gasteiger partial charge on any atom is 0.333 e. The number of aliphatic hydroxyl groups excluding tert-OH is 1. The number of rotatable bonds is 8. The van der Waals surface area contributed by atoms with Crippen LogP contribution in [0, 0.1) is 11.3 Å². The number of hydrogen-bond acceptors (Lipinski definition) is 7. The van der Waals surface area contributed by atoms with Crippen LogP contribution in [-0.2, 0) is 0 Å². The first-order valence-corrected chi connectivity index (χ1v) is 12.2. The zero-order valence-corrected chi connectivity index (χ0v) is 21.6. The van der Waals surface area contributed by atoms with Gasteiger partial charge in [-0.3, -0.25) is 18.8 Å². The van der Waals surface area contributed by atoms with Crippen LogP contribution in [-0.4, -0.2) is 63.6 Å². The third-order valence-corrected chi connectivity index (χ3v) is 6.48. The zero-order chi connectivity index (χ0) is 25.9. The molecule has 1 aromatic heterocycles. The van der Waals surface area contributed by atoms with Crippen LogP contribution in [0.25, 0.3) is 0 Å². The molecule has 0 aliphatic carbocycles. The number of aromatic nitrogens is 2. The molecule has 35 heavy (non-hydrogen) atoms. The SMILES string of the molecule is CC(C)n1c(N2CCN(CC(O)C(C)(C)Oc3ccc(C#N)cc3)CC2)cc(=O)n(C(C)C)c1=O. The van der Waals surface area contributed by atoms with Crippen molar-refractivity contribution >= 4 is 5.82 Å². The van der Waals surface area contributed by atoms with E-state index in [9.17, 15) is 14.7 Å². The number of nitrogens with zero attached hydrogens (tertiary/aromatic N) is 5. The molecule has 2 aromatic rings. The molecule has 1 unspecified atom stereocenters. The van der Waals surface area contributed by atoms with Gasteiger partial charge in [0.2, 0.25) is 0 Å². The van der Waals surface area contributed by atoms with Crippen LogP contribution in [0.15, 0.2) is 39.9 Å². The molecule has 0 bridgehead atoms. The fourth-order valence-corrected chi connectivity index (χ4v) is 4.36. The Balaban J connectivity index is 1.67. The Morgan fingerprint density at radius 2 is 1.57 bits per heavy atom. The minimum atomic E-state index is -0.829. The van der Waals surface area contributed by atoms with Crippen molar-refractivity contribution in [1.29, 1.82) is 5.26 Å².